The summed E-state index contributed by atoms with van der Waals surface area (Å²) >= 11 is 4.97. The van der Waals surface area contributed by atoms with Gasteiger partial charge in [-0.1, -0.05) is 49.2 Å². The number of hydrogen-bond acceptors (Lipinski definition) is 3. The third-order valence-electron chi connectivity index (χ3n) is 5.71. The zero-order valence-corrected chi connectivity index (χ0v) is 17.8. The summed E-state index contributed by atoms with van der Waals surface area (Å²) in [6, 6.07) is 9.61. The fourth-order valence-electron chi connectivity index (χ4n) is 3.55. The fourth-order valence-corrected chi connectivity index (χ4v) is 5.23. The molecule has 0 aliphatic heterocycles. The maximum absolute atomic E-state index is 12.6. The van der Waals surface area contributed by atoms with Crippen molar-refractivity contribution in [1.29, 1.82) is 5.26 Å². The Morgan fingerprint density at radius 3 is 2.88 bits per heavy atom. The van der Waals surface area contributed by atoms with Crippen LogP contribution in [0.1, 0.15) is 60.0 Å². The number of rotatable bonds is 4. The minimum atomic E-state index is -0.174. The first kappa shape index (κ1) is 19.1. The molecule has 0 unspecified atom stereocenters. The second kappa shape index (κ2) is 7.54. The number of hydrogen-bond donors (Lipinski definition) is 1. The Labute approximate surface area is 167 Å². The molecule has 0 spiro atoms. The van der Waals surface area contributed by atoms with Crippen LogP contribution in [-0.4, -0.2) is 5.91 Å². The van der Waals surface area contributed by atoms with Crippen molar-refractivity contribution in [1.82, 2.24) is 0 Å². The van der Waals surface area contributed by atoms with Crippen LogP contribution in [0.5, 0.6) is 0 Å². The predicted octanol–water partition coefficient (Wildman–Crippen LogP) is 6.18. The molecule has 1 aliphatic rings. The molecule has 0 fully saturated rings. The molecule has 0 saturated carbocycles. The number of thiophene rings is 1. The lowest BCUT2D eigenvalue weighted by molar-refractivity contribution is 0.102. The summed E-state index contributed by atoms with van der Waals surface area (Å²) in [6.45, 7) is 6.91. The second-order valence-electron chi connectivity index (χ2n) is 7.57. The van der Waals surface area contributed by atoms with Crippen LogP contribution < -0.4 is 5.32 Å². The zero-order chi connectivity index (χ0) is 18.9. The van der Waals surface area contributed by atoms with E-state index in [-0.39, 0.29) is 5.91 Å². The highest BCUT2D eigenvalue weighted by Gasteiger charge is 2.34. The van der Waals surface area contributed by atoms with Crippen molar-refractivity contribution in [3.05, 3.63) is 50.3 Å². The van der Waals surface area contributed by atoms with Crippen molar-refractivity contribution in [3.63, 3.8) is 0 Å². The number of carbonyl (C=O) groups excluding carboxylic acids is 1. The van der Waals surface area contributed by atoms with Crippen molar-refractivity contribution in [2.24, 2.45) is 11.3 Å². The quantitative estimate of drug-likeness (QED) is 0.629. The van der Waals surface area contributed by atoms with Crippen LogP contribution in [0.2, 0.25) is 0 Å². The molecule has 136 valence electrons. The van der Waals surface area contributed by atoms with Crippen LogP contribution in [-0.2, 0) is 12.8 Å². The molecule has 2 aromatic rings. The van der Waals surface area contributed by atoms with Gasteiger partial charge in [-0.25, -0.2) is 0 Å². The lowest BCUT2D eigenvalue weighted by Crippen LogP contribution is -2.28. The van der Waals surface area contributed by atoms with Crippen molar-refractivity contribution in [2.75, 3.05) is 5.32 Å². The van der Waals surface area contributed by atoms with Gasteiger partial charge in [0.2, 0.25) is 0 Å². The molecular weight excluding hydrogens is 408 g/mol. The second-order valence-corrected chi connectivity index (χ2v) is 9.59. The first-order valence-corrected chi connectivity index (χ1v) is 10.6. The van der Waals surface area contributed by atoms with Crippen LogP contribution in [0, 0.1) is 22.7 Å². The van der Waals surface area contributed by atoms with Crippen LogP contribution in [0.15, 0.2) is 28.7 Å². The largest absolute Gasteiger partial charge is 0.312 e. The van der Waals surface area contributed by atoms with E-state index in [0.29, 0.717) is 27.5 Å². The Kier molecular flexibility index (Phi) is 5.55. The van der Waals surface area contributed by atoms with Crippen LogP contribution >= 0.6 is 27.3 Å². The van der Waals surface area contributed by atoms with Crippen molar-refractivity contribution >= 4 is 38.2 Å². The first-order chi connectivity index (χ1) is 12.4. The van der Waals surface area contributed by atoms with Gasteiger partial charge in [-0.3, -0.25) is 4.79 Å². The topological polar surface area (TPSA) is 52.9 Å². The van der Waals surface area contributed by atoms with Crippen molar-refractivity contribution in [2.45, 2.75) is 46.5 Å². The van der Waals surface area contributed by atoms with Gasteiger partial charge >= 0.3 is 0 Å². The van der Waals surface area contributed by atoms with Gasteiger partial charge in [-0.2, -0.15) is 5.26 Å². The smallest absolute Gasteiger partial charge is 0.256 e. The van der Waals surface area contributed by atoms with E-state index in [1.807, 2.05) is 12.1 Å². The maximum Gasteiger partial charge on any atom is 0.256 e. The summed E-state index contributed by atoms with van der Waals surface area (Å²) in [5, 5.41) is 13.3. The number of nitrogens with one attached hydrogen (secondary N) is 1. The Morgan fingerprint density at radius 1 is 1.46 bits per heavy atom. The van der Waals surface area contributed by atoms with E-state index in [4.69, 9.17) is 0 Å². The van der Waals surface area contributed by atoms with Crippen LogP contribution in [0.3, 0.4) is 0 Å². The summed E-state index contributed by atoms with van der Waals surface area (Å²) in [7, 11) is 0. The van der Waals surface area contributed by atoms with Gasteiger partial charge in [0, 0.05) is 14.9 Å². The lowest BCUT2D eigenvalue weighted by atomic mass is 9.69. The SMILES string of the molecule is CCC(C)(C)[C@@H]1CCc2c(sc(NC(=O)c3cccc(Br)c3)c2C#N)C1. The molecule has 1 aromatic heterocycles. The summed E-state index contributed by atoms with van der Waals surface area (Å²) in [6.07, 6.45) is 4.19. The van der Waals surface area contributed by atoms with Gasteiger partial charge in [0.25, 0.3) is 5.91 Å². The highest BCUT2D eigenvalue weighted by atomic mass is 79.9. The van der Waals surface area contributed by atoms with Crippen molar-refractivity contribution < 1.29 is 4.79 Å². The summed E-state index contributed by atoms with van der Waals surface area (Å²) in [5.74, 6) is 0.450. The summed E-state index contributed by atoms with van der Waals surface area (Å²) < 4.78 is 0.862. The molecule has 1 aromatic carbocycles. The van der Waals surface area contributed by atoms with E-state index in [2.05, 4.69) is 48.1 Å². The minimum absolute atomic E-state index is 0.174. The monoisotopic (exact) mass is 430 g/mol. The number of fused-ring (bicyclic) bond motifs is 1. The molecule has 26 heavy (non-hydrogen) atoms. The van der Waals surface area contributed by atoms with E-state index in [1.54, 1.807) is 23.5 Å². The average molecular weight is 431 g/mol. The molecule has 0 saturated heterocycles. The van der Waals surface area contributed by atoms with E-state index in [1.165, 1.54) is 4.88 Å². The zero-order valence-electron chi connectivity index (χ0n) is 15.4. The highest BCUT2D eigenvalue weighted by molar-refractivity contribution is 9.10. The fraction of sp³-hybridized carbons (Fsp3) is 0.429. The molecular formula is C21H23BrN2OS. The van der Waals surface area contributed by atoms with Gasteiger partial charge in [-0.05, 0) is 54.4 Å². The van der Waals surface area contributed by atoms with E-state index in [9.17, 15) is 10.1 Å². The van der Waals surface area contributed by atoms with Gasteiger partial charge in [-0.15, -0.1) is 11.3 Å². The van der Waals surface area contributed by atoms with E-state index in [0.717, 1.165) is 35.7 Å². The van der Waals surface area contributed by atoms with Gasteiger partial charge in [0.05, 0.1) is 5.56 Å². The number of anilines is 1. The highest BCUT2D eigenvalue weighted by Crippen LogP contribution is 2.45. The van der Waals surface area contributed by atoms with E-state index >= 15 is 0 Å². The third-order valence-corrected chi connectivity index (χ3v) is 7.37. The molecule has 3 rings (SSSR count). The van der Waals surface area contributed by atoms with Crippen molar-refractivity contribution in [3.8, 4) is 6.07 Å². The van der Waals surface area contributed by atoms with E-state index < -0.39 is 0 Å². The molecule has 1 atom stereocenters. The number of benzene rings is 1. The predicted molar refractivity (Wildman–Crippen MR) is 111 cm³/mol. The normalized spacial score (nSPS) is 16.7. The number of nitriles is 1. The lowest BCUT2D eigenvalue weighted by Gasteiger charge is -2.36. The Bertz CT molecular complexity index is 879. The molecule has 0 radical (unpaired) electrons. The standard InChI is InChI=1S/C21H23BrN2OS/c1-4-21(2,3)14-8-9-16-17(12-23)20(26-18(16)11-14)24-19(25)13-6-5-7-15(22)10-13/h5-7,10,14H,4,8-9,11H2,1-3H3,(H,24,25)/t14-/m1/s1. The average Bonchev–Trinajstić information content (AvgIpc) is 2.97. The number of amides is 1. The molecule has 1 aliphatic carbocycles. The molecule has 1 N–H and O–H groups in total. The first-order valence-electron chi connectivity index (χ1n) is 8.97. The number of halogens is 1. The molecule has 1 heterocycles. The molecule has 3 nitrogen and oxygen atoms in total. The molecule has 5 heteroatoms. The van der Waals surface area contributed by atoms with Gasteiger partial charge < -0.3 is 5.32 Å². The Hall–Kier alpha value is -1.64. The maximum atomic E-state index is 12.6. The van der Waals surface area contributed by atoms with Gasteiger partial charge in [0.1, 0.15) is 11.1 Å². The minimum Gasteiger partial charge on any atom is -0.312 e. The number of nitrogens with zero attached hydrogens (tertiary/aromatic N) is 1. The Balaban J connectivity index is 1.87. The summed E-state index contributed by atoms with van der Waals surface area (Å²) in [4.78, 5) is 13.8. The molecule has 0 bridgehead atoms. The van der Waals surface area contributed by atoms with Gasteiger partial charge in [0.15, 0.2) is 0 Å². The summed E-state index contributed by atoms with van der Waals surface area (Å²) in [5.41, 5.74) is 2.68. The van der Waals surface area contributed by atoms with Crippen LogP contribution in [0.4, 0.5) is 5.00 Å². The Morgan fingerprint density at radius 2 is 2.23 bits per heavy atom. The number of carbonyl (C=O) groups is 1. The molecule has 1 amide bonds. The van der Waals surface area contributed by atoms with Crippen LogP contribution in [0.25, 0.3) is 0 Å². The third kappa shape index (κ3) is 3.72.